The van der Waals surface area contributed by atoms with Crippen LogP contribution in [0.15, 0.2) is 6.20 Å². The number of hydrogen-bond donors (Lipinski definition) is 2. The van der Waals surface area contributed by atoms with Crippen molar-refractivity contribution in [1.82, 2.24) is 10.3 Å². The van der Waals surface area contributed by atoms with Gasteiger partial charge in [0.15, 0.2) is 5.13 Å². The number of carbonyl (C=O) groups excluding carboxylic acids is 1. The van der Waals surface area contributed by atoms with Gasteiger partial charge in [0.25, 0.3) is 0 Å². The number of hydrogen-bond acceptors (Lipinski definition) is 4. The molecule has 1 aliphatic heterocycles. The molecule has 1 aliphatic rings. The van der Waals surface area contributed by atoms with Crippen LogP contribution in [0.4, 0.5) is 5.13 Å². The van der Waals surface area contributed by atoms with Gasteiger partial charge in [0.2, 0.25) is 5.91 Å². The Morgan fingerprint density at radius 2 is 2.35 bits per heavy atom. The van der Waals surface area contributed by atoms with E-state index in [4.69, 9.17) is 0 Å². The number of nitrogens with zero attached hydrogens (tertiary/aromatic N) is 1. The van der Waals surface area contributed by atoms with Crippen LogP contribution in [-0.2, 0) is 4.79 Å². The molecule has 1 saturated heterocycles. The molecule has 17 heavy (non-hydrogen) atoms. The second-order valence-electron chi connectivity index (χ2n) is 4.39. The number of anilines is 1. The van der Waals surface area contributed by atoms with Gasteiger partial charge in [-0.1, -0.05) is 6.92 Å². The summed E-state index contributed by atoms with van der Waals surface area (Å²) in [6.07, 6.45) is 5.71. The molecule has 2 heterocycles. The highest BCUT2D eigenvalue weighted by atomic mass is 32.1. The van der Waals surface area contributed by atoms with Crippen molar-refractivity contribution in [3.63, 3.8) is 0 Å². The van der Waals surface area contributed by atoms with Crippen LogP contribution in [0.2, 0.25) is 0 Å². The minimum absolute atomic E-state index is 0.0683. The summed E-state index contributed by atoms with van der Waals surface area (Å²) in [5.74, 6) is 0.685. The van der Waals surface area contributed by atoms with E-state index in [1.54, 1.807) is 11.3 Å². The van der Waals surface area contributed by atoms with Gasteiger partial charge in [-0.2, -0.15) is 0 Å². The van der Waals surface area contributed by atoms with Crippen molar-refractivity contribution in [1.29, 1.82) is 0 Å². The van der Waals surface area contributed by atoms with E-state index in [0.717, 1.165) is 24.6 Å². The van der Waals surface area contributed by atoms with E-state index in [1.165, 1.54) is 17.7 Å². The Bertz CT molecular complexity index is 372. The van der Waals surface area contributed by atoms with Crippen LogP contribution >= 0.6 is 11.3 Å². The fourth-order valence-electron chi connectivity index (χ4n) is 2.05. The minimum Gasteiger partial charge on any atom is -0.317 e. The first kappa shape index (κ1) is 12.5. The molecule has 0 atom stereocenters. The Morgan fingerprint density at radius 3 is 3.06 bits per heavy atom. The molecule has 1 amide bonds. The zero-order valence-corrected chi connectivity index (χ0v) is 11.0. The Labute approximate surface area is 106 Å². The average molecular weight is 253 g/mol. The molecule has 0 aliphatic carbocycles. The van der Waals surface area contributed by atoms with Gasteiger partial charge in [-0.05, 0) is 38.3 Å². The number of piperidine rings is 1. The Kier molecular flexibility index (Phi) is 4.50. The van der Waals surface area contributed by atoms with Crippen molar-refractivity contribution in [2.45, 2.75) is 38.5 Å². The first-order valence-electron chi connectivity index (χ1n) is 6.26. The molecule has 0 radical (unpaired) electrons. The summed E-state index contributed by atoms with van der Waals surface area (Å²) in [4.78, 5) is 17.0. The second kappa shape index (κ2) is 6.12. The molecular formula is C12H19N3OS. The first-order valence-corrected chi connectivity index (χ1v) is 7.07. The van der Waals surface area contributed by atoms with Crippen LogP contribution in [0, 0.1) is 0 Å². The first-order chi connectivity index (χ1) is 8.29. The van der Waals surface area contributed by atoms with Gasteiger partial charge in [0, 0.05) is 17.5 Å². The molecule has 2 N–H and O–H groups in total. The third-order valence-electron chi connectivity index (χ3n) is 2.99. The van der Waals surface area contributed by atoms with Gasteiger partial charge in [-0.25, -0.2) is 4.98 Å². The van der Waals surface area contributed by atoms with Gasteiger partial charge in [-0.15, -0.1) is 11.3 Å². The molecular weight excluding hydrogens is 234 g/mol. The van der Waals surface area contributed by atoms with Crippen LogP contribution in [0.1, 0.15) is 43.4 Å². The smallest absolute Gasteiger partial charge is 0.226 e. The predicted octanol–water partition coefficient (Wildman–Crippen LogP) is 2.35. The molecule has 0 unspecified atom stereocenters. The highest BCUT2D eigenvalue weighted by Gasteiger charge is 2.18. The van der Waals surface area contributed by atoms with Crippen LogP contribution in [0.5, 0.6) is 0 Å². The maximum absolute atomic E-state index is 11.4. The van der Waals surface area contributed by atoms with Gasteiger partial charge in [0.05, 0.1) is 0 Å². The summed E-state index contributed by atoms with van der Waals surface area (Å²) < 4.78 is 0. The lowest BCUT2D eigenvalue weighted by atomic mass is 9.97. The molecule has 0 aromatic carbocycles. The molecule has 1 aromatic heterocycles. The Hall–Kier alpha value is -0.940. The largest absolute Gasteiger partial charge is 0.317 e. The standard InChI is InChI=1S/C12H19N3OS/c1-2-3-11(16)15-12-14-8-10(17-12)9-4-6-13-7-5-9/h8-9,13H,2-7H2,1H3,(H,14,15,16). The number of amides is 1. The molecule has 0 spiro atoms. The second-order valence-corrected chi connectivity index (χ2v) is 5.45. The maximum Gasteiger partial charge on any atom is 0.226 e. The van der Waals surface area contributed by atoms with E-state index < -0.39 is 0 Å². The SMILES string of the molecule is CCCC(=O)Nc1ncc(C2CCNCC2)s1. The fourth-order valence-corrected chi connectivity index (χ4v) is 3.05. The van der Waals surface area contributed by atoms with Crippen LogP contribution in [0.3, 0.4) is 0 Å². The zero-order valence-electron chi connectivity index (χ0n) is 10.2. The summed E-state index contributed by atoms with van der Waals surface area (Å²) in [5.41, 5.74) is 0. The van der Waals surface area contributed by atoms with Crippen LogP contribution in [0.25, 0.3) is 0 Å². The normalized spacial score (nSPS) is 17.0. The van der Waals surface area contributed by atoms with E-state index >= 15 is 0 Å². The molecule has 1 fully saturated rings. The van der Waals surface area contributed by atoms with Gasteiger partial charge in [-0.3, -0.25) is 4.79 Å². The summed E-state index contributed by atoms with van der Waals surface area (Å²) >= 11 is 1.62. The predicted molar refractivity (Wildman–Crippen MR) is 70.5 cm³/mol. The fraction of sp³-hybridized carbons (Fsp3) is 0.667. The minimum atomic E-state index is 0.0683. The molecule has 2 rings (SSSR count). The van der Waals surface area contributed by atoms with Crippen molar-refractivity contribution in [2.24, 2.45) is 0 Å². The number of nitrogens with one attached hydrogen (secondary N) is 2. The molecule has 4 nitrogen and oxygen atoms in total. The molecule has 0 saturated carbocycles. The van der Waals surface area contributed by atoms with Gasteiger partial charge >= 0.3 is 0 Å². The molecule has 5 heteroatoms. The number of rotatable bonds is 4. The summed E-state index contributed by atoms with van der Waals surface area (Å²) in [5, 5.41) is 6.96. The van der Waals surface area contributed by atoms with Crippen LogP contribution in [-0.4, -0.2) is 24.0 Å². The van der Waals surface area contributed by atoms with Gasteiger partial charge in [0.1, 0.15) is 0 Å². The zero-order chi connectivity index (χ0) is 12.1. The highest BCUT2D eigenvalue weighted by molar-refractivity contribution is 7.15. The lowest BCUT2D eigenvalue weighted by molar-refractivity contribution is -0.116. The van der Waals surface area contributed by atoms with E-state index in [0.29, 0.717) is 12.3 Å². The number of thiazole rings is 1. The van der Waals surface area contributed by atoms with Crippen molar-refractivity contribution >= 4 is 22.4 Å². The van der Waals surface area contributed by atoms with E-state index in [9.17, 15) is 4.79 Å². The topological polar surface area (TPSA) is 54.0 Å². The average Bonchev–Trinajstić information content (AvgIpc) is 2.79. The summed E-state index contributed by atoms with van der Waals surface area (Å²) in [6.45, 7) is 4.17. The highest BCUT2D eigenvalue weighted by Crippen LogP contribution is 2.31. The quantitative estimate of drug-likeness (QED) is 0.866. The molecule has 1 aromatic rings. The third-order valence-corrected chi connectivity index (χ3v) is 4.06. The van der Waals surface area contributed by atoms with Crippen molar-refractivity contribution in [3.05, 3.63) is 11.1 Å². The van der Waals surface area contributed by atoms with Crippen molar-refractivity contribution < 1.29 is 4.79 Å². The van der Waals surface area contributed by atoms with Crippen LogP contribution < -0.4 is 10.6 Å². The van der Waals surface area contributed by atoms with Crippen molar-refractivity contribution in [3.8, 4) is 0 Å². The Balaban J connectivity index is 1.93. The van der Waals surface area contributed by atoms with Gasteiger partial charge < -0.3 is 10.6 Å². The number of carbonyl (C=O) groups is 1. The van der Waals surface area contributed by atoms with E-state index in [1.807, 2.05) is 13.1 Å². The summed E-state index contributed by atoms with van der Waals surface area (Å²) in [6, 6.07) is 0. The van der Waals surface area contributed by atoms with E-state index in [-0.39, 0.29) is 5.91 Å². The lowest BCUT2D eigenvalue weighted by Crippen LogP contribution is -2.26. The van der Waals surface area contributed by atoms with E-state index in [2.05, 4.69) is 15.6 Å². The Morgan fingerprint density at radius 1 is 1.59 bits per heavy atom. The monoisotopic (exact) mass is 253 g/mol. The molecule has 94 valence electrons. The number of aromatic nitrogens is 1. The van der Waals surface area contributed by atoms with Crippen molar-refractivity contribution in [2.75, 3.05) is 18.4 Å². The summed E-state index contributed by atoms with van der Waals surface area (Å²) in [7, 11) is 0. The maximum atomic E-state index is 11.4. The lowest BCUT2D eigenvalue weighted by Gasteiger charge is -2.20. The molecule has 0 bridgehead atoms. The third kappa shape index (κ3) is 3.51.